The van der Waals surface area contributed by atoms with Crippen LogP contribution in [0.5, 0.6) is 0 Å². The van der Waals surface area contributed by atoms with Gasteiger partial charge in [-0.15, -0.1) is 0 Å². The Labute approximate surface area is 144 Å². The average Bonchev–Trinajstić information content (AvgIpc) is 2.92. The molecule has 0 bridgehead atoms. The van der Waals surface area contributed by atoms with Crippen molar-refractivity contribution in [2.45, 2.75) is 46.6 Å². The zero-order valence-corrected chi connectivity index (χ0v) is 15.3. The van der Waals surface area contributed by atoms with Gasteiger partial charge in [0.1, 0.15) is 5.76 Å². The molecule has 0 saturated heterocycles. The Morgan fingerprint density at radius 2 is 1.96 bits per heavy atom. The van der Waals surface area contributed by atoms with E-state index in [1.807, 2.05) is 13.8 Å². The van der Waals surface area contributed by atoms with Crippen LogP contribution in [-0.4, -0.2) is 24.7 Å². The first-order valence-electron chi connectivity index (χ1n) is 8.52. The second-order valence-corrected chi connectivity index (χ2v) is 6.01. The monoisotopic (exact) mass is 328 g/mol. The minimum absolute atomic E-state index is 0.196. The highest BCUT2D eigenvalue weighted by Gasteiger charge is 2.10. The van der Waals surface area contributed by atoms with Gasteiger partial charge < -0.3 is 15.2 Å². The molecule has 2 aromatic rings. The number of rotatable bonds is 6. The van der Waals surface area contributed by atoms with E-state index in [9.17, 15) is 0 Å². The molecule has 130 valence electrons. The van der Waals surface area contributed by atoms with Crippen molar-refractivity contribution in [2.24, 2.45) is 4.99 Å². The third kappa shape index (κ3) is 4.60. The van der Waals surface area contributed by atoms with Crippen molar-refractivity contribution < 1.29 is 4.52 Å². The van der Waals surface area contributed by atoms with Crippen LogP contribution in [0.4, 0.5) is 0 Å². The van der Waals surface area contributed by atoms with Crippen LogP contribution < -0.4 is 10.6 Å². The molecule has 0 radical (unpaired) electrons. The molecular formula is C19H28N4O. The summed E-state index contributed by atoms with van der Waals surface area (Å²) in [6, 6.07) is 8.91. The smallest absolute Gasteiger partial charge is 0.191 e. The summed E-state index contributed by atoms with van der Waals surface area (Å²) in [5.41, 5.74) is 4.73. The fourth-order valence-corrected chi connectivity index (χ4v) is 2.69. The SMILES string of the molecule is CCc1ccc(C(C)NC(=NC)NCCc2c(C)noc2C)cc1. The lowest BCUT2D eigenvalue weighted by Crippen LogP contribution is -2.39. The fraction of sp³-hybridized carbons (Fsp3) is 0.474. The lowest BCUT2D eigenvalue weighted by Gasteiger charge is -2.18. The van der Waals surface area contributed by atoms with Gasteiger partial charge in [0.05, 0.1) is 11.7 Å². The molecule has 0 spiro atoms. The summed E-state index contributed by atoms with van der Waals surface area (Å²) in [7, 11) is 1.79. The first kappa shape index (κ1) is 18.0. The van der Waals surface area contributed by atoms with Crippen molar-refractivity contribution >= 4 is 5.96 Å². The van der Waals surface area contributed by atoms with E-state index in [4.69, 9.17) is 4.52 Å². The van der Waals surface area contributed by atoms with Gasteiger partial charge in [0.2, 0.25) is 0 Å². The van der Waals surface area contributed by atoms with Crippen LogP contribution in [-0.2, 0) is 12.8 Å². The largest absolute Gasteiger partial charge is 0.361 e. The van der Waals surface area contributed by atoms with Crippen molar-refractivity contribution in [3.63, 3.8) is 0 Å². The molecule has 1 aromatic carbocycles. The normalized spacial score (nSPS) is 13.0. The van der Waals surface area contributed by atoms with Gasteiger partial charge in [-0.25, -0.2) is 0 Å². The highest BCUT2D eigenvalue weighted by molar-refractivity contribution is 5.80. The predicted molar refractivity (Wildman–Crippen MR) is 98.4 cm³/mol. The Balaban J connectivity index is 1.87. The number of nitrogens with one attached hydrogen (secondary N) is 2. The van der Waals surface area contributed by atoms with Crippen LogP contribution in [0.1, 0.15) is 48.0 Å². The molecule has 1 unspecified atom stereocenters. The number of guanidine groups is 1. The summed E-state index contributed by atoms with van der Waals surface area (Å²) < 4.78 is 5.20. The number of hydrogen-bond acceptors (Lipinski definition) is 3. The van der Waals surface area contributed by atoms with Crippen LogP contribution in [0.15, 0.2) is 33.8 Å². The van der Waals surface area contributed by atoms with Gasteiger partial charge in [-0.3, -0.25) is 4.99 Å². The summed E-state index contributed by atoms with van der Waals surface area (Å²) in [5, 5.41) is 10.8. The van der Waals surface area contributed by atoms with E-state index in [2.05, 4.69) is 58.9 Å². The van der Waals surface area contributed by atoms with Crippen LogP contribution >= 0.6 is 0 Å². The maximum atomic E-state index is 5.20. The van der Waals surface area contributed by atoms with E-state index in [1.54, 1.807) is 7.05 Å². The quantitative estimate of drug-likeness (QED) is 0.631. The van der Waals surface area contributed by atoms with Crippen LogP contribution in [0.25, 0.3) is 0 Å². The fourth-order valence-electron chi connectivity index (χ4n) is 2.69. The maximum absolute atomic E-state index is 5.20. The molecule has 1 aromatic heterocycles. The summed E-state index contributed by atoms with van der Waals surface area (Å²) in [6.45, 7) is 9.01. The van der Waals surface area contributed by atoms with Crippen molar-refractivity contribution in [3.05, 3.63) is 52.4 Å². The van der Waals surface area contributed by atoms with Gasteiger partial charge in [-0.2, -0.15) is 0 Å². The molecule has 1 atom stereocenters. The third-order valence-corrected chi connectivity index (χ3v) is 4.31. The zero-order valence-electron chi connectivity index (χ0n) is 15.3. The number of nitrogens with zero attached hydrogens (tertiary/aromatic N) is 2. The standard InChI is InChI=1S/C19H28N4O/c1-6-16-7-9-17(10-8-16)13(2)22-19(20-5)21-12-11-18-14(3)23-24-15(18)4/h7-10,13H,6,11-12H2,1-5H3,(H2,20,21,22). The highest BCUT2D eigenvalue weighted by atomic mass is 16.5. The van der Waals surface area contributed by atoms with Gasteiger partial charge in [0, 0.05) is 19.2 Å². The van der Waals surface area contributed by atoms with E-state index < -0.39 is 0 Å². The Morgan fingerprint density at radius 3 is 2.50 bits per heavy atom. The van der Waals surface area contributed by atoms with Crippen LogP contribution in [0.2, 0.25) is 0 Å². The molecular weight excluding hydrogens is 300 g/mol. The van der Waals surface area contributed by atoms with Gasteiger partial charge in [-0.05, 0) is 44.7 Å². The van der Waals surface area contributed by atoms with E-state index in [0.717, 1.165) is 36.8 Å². The number of aromatic nitrogens is 1. The predicted octanol–water partition coefficient (Wildman–Crippen LogP) is 3.32. The van der Waals surface area contributed by atoms with Gasteiger partial charge in [-0.1, -0.05) is 36.3 Å². The van der Waals surface area contributed by atoms with Crippen molar-refractivity contribution in [1.82, 2.24) is 15.8 Å². The van der Waals surface area contributed by atoms with Crippen LogP contribution in [0.3, 0.4) is 0 Å². The second-order valence-electron chi connectivity index (χ2n) is 6.01. The van der Waals surface area contributed by atoms with E-state index in [1.165, 1.54) is 16.7 Å². The lowest BCUT2D eigenvalue weighted by molar-refractivity contribution is 0.392. The minimum atomic E-state index is 0.196. The molecule has 2 rings (SSSR count). The molecule has 0 aliphatic carbocycles. The van der Waals surface area contributed by atoms with Crippen LogP contribution in [0, 0.1) is 13.8 Å². The van der Waals surface area contributed by atoms with E-state index >= 15 is 0 Å². The first-order chi connectivity index (χ1) is 11.5. The minimum Gasteiger partial charge on any atom is -0.361 e. The molecule has 0 saturated carbocycles. The molecule has 0 amide bonds. The number of aliphatic imine (C=N–C) groups is 1. The summed E-state index contributed by atoms with van der Waals surface area (Å²) in [6.07, 6.45) is 1.93. The molecule has 2 N–H and O–H groups in total. The second kappa shape index (κ2) is 8.52. The number of benzene rings is 1. The average molecular weight is 328 g/mol. The summed E-state index contributed by atoms with van der Waals surface area (Å²) >= 11 is 0. The van der Waals surface area contributed by atoms with Gasteiger partial charge in [0.25, 0.3) is 0 Å². The summed E-state index contributed by atoms with van der Waals surface area (Å²) in [4.78, 5) is 4.31. The van der Waals surface area contributed by atoms with Gasteiger partial charge in [0.15, 0.2) is 5.96 Å². The Bertz CT molecular complexity index is 654. The van der Waals surface area contributed by atoms with Crippen molar-refractivity contribution in [2.75, 3.05) is 13.6 Å². The zero-order chi connectivity index (χ0) is 17.5. The molecule has 0 aliphatic heterocycles. The topological polar surface area (TPSA) is 62.5 Å². The summed E-state index contributed by atoms with van der Waals surface area (Å²) in [5.74, 6) is 1.69. The lowest BCUT2D eigenvalue weighted by atomic mass is 10.1. The molecule has 5 heteroatoms. The van der Waals surface area contributed by atoms with E-state index in [-0.39, 0.29) is 6.04 Å². The molecule has 0 aliphatic rings. The molecule has 24 heavy (non-hydrogen) atoms. The van der Waals surface area contributed by atoms with E-state index in [0.29, 0.717) is 0 Å². The molecule has 5 nitrogen and oxygen atoms in total. The number of hydrogen-bond donors (Lipinski definition) is 2. The third-order valence-electron chi connectivity index (χ3n) is 4.31. The maximum Gasteiger partial charge on any atom is 0.191 e. The van der Waals surface area contributed by atoms with Crippen molar-refractivity contribution in [3.8, 4) is 0 Å². The highest BCUT2D eigenvalue weighted by Crippen LogP contribution is 2.14. The number of aryl methyl sites for hydroxylation is 3. The Kier molecular flexibility index (Phi) is 6.41. The Hall–Kier alpha value is -2.30. The van der Waals surface area contributed by atoms with Gasteiger partial charge >= 0.3 is 0 Å². The first-order valence-corrected chi connectivity index (χ1v) is 8.52. The molecule has 1 heterocycles. The van der Waals surface area contributed by atoms with Crippen molar-refractivity contribution in [1.29, 1.82) is 0 Å². The Morgan fingerprint density at radius 1 is 1.25 bits per heavy atom. The molecule has 0 fully saturated rings.